The summed E-state index contributed by atoms with van der Waals surface area (Å²) >= 11 is 0. The maximum absolute atomic E-state index is 13.7. The van der Waals surface area contributed by atoms with Crippen molar-refractivity contribution in [1.82, 2.24) is 9.97 Å². The number of carbonyl (C=O) groups excluding carboxylic acids is 2. The fourth-order valence-electron chi connectivity index (χ4n) is 4.95. The number of hydrogen-bond donors (Lipinski definition) is 2. The molecule has 0 fully saturated rings. The summed E-state index contributed by atoms with van der Waals surface area (Å²) < 4.78 is 0. The second-order valence-corrected chi connectivity index (χ2v) is 9.77. The summed E-state index contributed by atoms with van der Waals surface area (Å²) in [5.41, 5.74) is 6.82. The number of aryl methyl sites for hydroxylation is 2. The van der Waals surface area contributed by atoms with Gasteiger partial charge in [0.1, 0.15) is 0 Å². The molecule has 2 heterocycles. The zero-order valence-electron chi connectivity index (χ0n) is 22.1. The van der Waals surface area contributed by atoms with Gasteiger partial charge < -0.3 is 10.6 Å². The van der Waals surface area contributed by atoms with E-state index in [1.54, 1.807) is 12.4 Å². The number of pyridine rings is 2. The standard InChI is InChI=1S/C34H26N4O2/c1-21-13-15-25(27(19-21)33(39)37-29-11-3-7-23-9-5-17-35-31(23)29)26-16-14-22(2)20-28(26)34(40)38-30-12-4-8-24-10-6-18-36-32(24)30/h3-20H,1-2H3,(H,37,39)(H,38,40). The molecule has 40 heavy (non-hydrogen) atoms. The Morgan fingerprint density at radius 1 is 0.550 bits per heavy atom. The molecule has 6 rings (SSSR count). The van der Waals surface area contributed by atoms with E-state index in [2.05, 4.69) is 20.6 Å². The van der Waals surface area contributed by atoms with E-state index in [4.69, 9.17) is 0 Å². The van der Waals surface area contributed by atoms with Crippen LogP contribution in [0.2, 0.25) is 0 Å². The number of rotatable bonds is 5. The Labute approximate surface area is 231 Å². The van der Waals surface area contributed by atoms with Gasteiger partial charge in [-0.3, -0.25) is 19.6 Å². The molecule has 6 heteroatoms. The highest BCUT2D eigenvalue weighted by atomic mass is 16.2. The van der Waals surface area contributed by atoms with Crippen LogP contribution in [0.3, 0.4) is 0 Å². The number of carbonyl (C=O) groups is 2. The minimum Gasteiger partial charge on any atom is -0.320 e. The van der Waals surface area contributed by atoms with Crippen molar-refractivity contribution in [3.63, 3.8) is 0 Å². The summed E-state index contributed by atoms with van der Waals surface area (Å²) in [6.07, 6.45) is 3.41. The number of aromatic nitrogens is 2. The summed E-state index contributed by atoms with van der Waals surface area (Å²) in [6.45, 7) is 3.88. The third-order valence-electron chi connectivity index (χ3n) is 6.89. The van der Waals surface area contributed by atoms with E-state index < -0.39 is 0 Å². The highest BCUT2D eigenvalue weighted by Gasteiger charge is 2.20. The third-order valence-corrected chi connectivity index (χ3v) is 6.89. The molecule has 6 aromatic rings. The third kappa shape index (κ3) is 4.78. The summed E-state index contributed by atoms with van der Waals surface area (Å²) in [7, 11) is 0. The molecular formula is C34H26N4O2. The summed E-state index contributed by atoms with van der Waals surface area (Å²) in [6, 6.07) is 30.4. The van der Waals surface area contributed by atoms with Crippen molar-refractivity contribution in [3.8, 4) is 11.1 Å². The molecular weight excluding hydrogens is 496 g/mol. The summed E-state index contributed by atoms with van der Waals surface area (Å²) in [4.78, 5) is 36.4. The zero-order valence-corrected chi connectivity index (χ0v) is 22.1. The lowest BCUT2D eigenvalue weighted by Crippen LogP contribution is -2.16. The molecule has 4 aromatic carbocycles. The molecule has 194 valence electrons. The van der Waals surface area contributed by atoms with E-state index in [1.807, 2.05) is 111 Å². The largest absolute Gasteiger partial charge is 0.320 e. The quantitative estimate of drug-likeness (QED) is 0.245. The van der Waals surface area contributed by atoms with Crippen LogP contribution in [0.4, 0.5) is 11.4 Å². The number of amides is 2. The Hall–Kier alpha value is -5.36. The highest BCUT2D eigenvalue weighted by Crippen LogP contribution is 2.32. The van der Waals surface area contributed by atoms with Crippen molar-refractivity contribution >= 4 is 45.0 Å². The van der Waals surface area contributed by atoms with Gasteiger partial charge in [-0.05, 0) is 61.4 Å². The van der Waals surface area contributed by atoms with Gasteiger partial charge in [0.05, 0.1) is 22.4 Å². The zero-order chi connectivity index (χ0) is 27.6. The van der Waals surface area contributed by atoms with Crippen molar-refractivity contribution in [2.24, 2.45) is 0 Å². The highest BCUT2D eigenvalue weighted by molar-refractivity contribution is 6.15. The molecule has 2 aromatic heterocycles. The Balaban J connectivity index is 1.40. The van der Waals surface area contributed by atoms with E-state index >= 15 is 0 Å². The number of nitrogens with one attached hydrogen (secondary N) is 2. The van der Waals surface area contributed by atoms with Crippen LogP contribution in [0, 0.1) is 13.8 Å². The first-order valence-electron chi connectivity index (χ1n) is 13.0. The number of benzene rings is 4. The van der Waals surface area contributed by atoms with Crippen molar-refractivity contribution in [3.05, 3.63) is 132 Å². The van der Waals surface area contributed by atoms with Crippen LogP contribution in [-0.4, -0.2) is 21.8 Å². The lowest BCUT2D eigenvalue weighted by Gasteiger charge is -2.16. The number of nitrogens with zero attached hydrogens (tertiary/aromatic N) is 2. The van der Waals surface area contributed by atoms with E-state index in [0.717, 1.165) is 21.9 Å². The van der Waals surface area contributed by atoms with Crippen LogP contribution in [0.25, 0.3) is 32.9 Å². The smallest absolute Gasteiger partial charge is 0.256 e. The van der Waals surface area contributed by atoms with Gasteiger partial charge in [-0.1, -0.05) is 71.8 Å². The number of fused-ring (bicyclic) bond motifs is 2. The topological polar surface area (TPSA) is 84.0 Å². The van der Waals surface area contributed by atoms with Gasteiger partial charge >= 0.3 is 0 Å². The molecule has 0 radical (unpaired) electrons. The van der Waals surface area contributed by atoms with Gasteiger partial charge in [-0.25, -0.2) is 0 Å². The fourth-order valence-corrected chi connectivity index (χ4v) is 4.95. The van der Waals surface area contributed by atoms with Gasteiger partial charge in [-0.2, -0.15) is 0 Å². The molecule has 0 spiro atoms. The molecule has 0 bridgehead atoms. The van der Waals surface area contributed by atoms with Gasteiger partial charge in [0, 0.05) is 34.3 Å². The van der Waals surface area contributed by atoms with E-state index in [9.17, 15) is 9.59 Å². The first kappa shape index (κ1) is 24.9. The van der Waals surface area contributed by atoms with Crippen LogP contribution >= 0.6 is 0 Å². The second-order valence-electron chi connectivity index (χ2n) is 9.77. The van der Waals surface area contributed by atoms with E-state index in [0.29, 0.717) is 44.7 Å². The van der Waals surface area contributed by atoms with Crippen molar-refractivity contribution in [1.29, 1.82) is 0 Å². The summed E-state index contributed by atoms with van der Waals surface area (Å²) in [5, 5.41) is 7.97. The molecule has 6 nitrogen and oxygen atoms in total. The number of para-hydroxylation sites is 2. The Morgan fingerprint density at radius 3 is 1.43 bits per heavy atom. The monoisotopic (exact) mass is 522 g/mol. The van der Waals surface area contributed by atoms with Crippen LogP contribution in [0.1, 0.15) is 31.8 Å². The normalized spacial score (nSPS) is 10.9. The number of anilines is 2. The van der Waals surface area contributed by atoms with Crippen molar-refractivity contribution < 1.29 is 9.59 Å². The van der Waals surface area contributed by atoms with Crippen LogP contribution in [0.5, 0.6) is 0 Å². The molecule has 0 saturated heterocycles. The minimum atomic E-state index is -0.276. The lowest BCUT2D eigenvalue weighted by atomic mass is 9.92. The summed E-state index contributed by atoms with van der Waals surface area (Å²) in [5.74, 6) is -0.552. The molecule has 0 unspecified atom stereocenters. The van der Waals surface area contributed by atoms with E-state index in [1.165, 1.54) is 0 Å². The SMILES string of the molecule is Cc1ccc(-c2ccc(C)cc2C(=O)Nc2cccc3cccnc23)c(C(=O)Nc2cccc3cccnc23)c1. The Morgan fingerprint density at radius 2 is 0.975 bits per heavy atom. The maximum Gasteiger partial charge on any atom is 0.256 e. The van der Waals surface area contributed by atoms with Gasteiger partial charge in [0.2, 0.25) is 0 Å². The average Bonchev–Trinajstić information content (AvgIpc) is 2.97. The Kier molecular flexibility index (Phi) is 6.50. The fraction of sp³-hybridized carbons (Fsp3) is 0.0588. The van der Waals surface area contributed by atoms with Gasteiger partial charge in [0.15, 0.2) is 0 Å². The second kappa shape index (κ2) is 10.4. The molecule has 2 N–H and O–H groups in total. The Bertz CT molecular complexity index is 1780. The first-order valence-corrected chi connectivity index (χ1v) is 13.0. The average molecular weight is 523 g/mol. The molecule has 0 aliphatic carbocycles. The molecule has 0 aliphatic rings. The lowest BCUT2D eigenvalue weighted by molar-refractivity contribution is 0.101. The van der Waals surface area contributed by atoms with Gasteiger partial charge in [0.25, 0.3) is 11.8 Å². The van der Waals surface area contributed by atoms with Crippen molar-refractivity contribution in [2.75, 3.05) is 10.6 Å². The number of hydrogen-bond acceptors (Lipinski definition) is 4. The van der Waals surface area contributed by atoms with Crippen LogP contribution < -0.4 is 10.6 Å². The van der Waals surface area contributed by atoms with Gasteiger partial charge in [-0.15, -0.1) is 0 Å². The first-order chi connectivity index (χ1) is 19.5. The maximum atomic E-state index is 13.7. The molecule has 0 saturated carbocycles. The minimum absolute atomic E-state index is 0.276. The van der Waals surface area contributed by atoms with Crippen LogP contribution in [-0.2, 0) is 0 Å². The van der Waals surface area contributed by atoms with Crippen LogP contribution in [0.15, 0.2) is 109 Å². The molecule has 2 amide bonds. The predicted octanol–water partition coefficient (Wildman–Crippen LogP) is 7.57. The van der Waals surface area contributed by atoms with E-state index in [-0.39, 0.29) is 11.8 Å². The molecule has 0 aliphatic heterocycles. The molecule has 0 atom stereocenters. The predicted molar refractivity (Wildman–Crippen MR) is 161 cm³/mol. The van der Waals surface area contributed by atoms with Crippen molar-refractivity contribution in [2.45, 2.75) is 13.8 Å².